The molecule has 0 aromatic heterocycles. The molecular weight excluding hydrogens is 260 g/mol. The van der Waals surface area contributed by atoms with E-state index in [-0.39, 0.29) is 17.2 Å². The number of amides is 1. The zero-order valence-corrected chi connectivity index (χ0v) is 13.0. The van der Waals surface area contributed by atoms with E-state index in [1.165, 1.54) is 5.39 Å². The van der Waals surface area contributed by atoms with Gasteiger partial charge in [-0.3, -0.25) is 4.79 Å². The number of nitrogens with two attached hydrogens (primary N) is 1. The SMILES string of the molecule is CC(C)(C)CC(CN)C(=O)Nc1ccc2ccccc2c1. The van der Waals surface area contributed by atoms with Crippen LogP contribution in [0.4, 0.5) is 5.69 Å². The molecule has 0 bridgehead atoms. The molecule has 0 aliphatic rings. The highest BCUT2D eigenvalue weighted by molar-refractivity contribution is 5.95. The average Bonchev–Trinajstić information content (AvgIpc) is 2.43. The minimum absolute atomic E-state index is 0.00251. The number of fused-ring (bicyclic) bond motifs is 1. The van der Waals surface area contributed by atoms with Gasteiger partial charge in [0.1, 0.15) is 0 Å². The number of benzene rings is 2. The van der Waals surface area contributed by atoms with Crippen molar-refractivity contribution in [3.05, 3.63) is 42.5 Å². The molecule has 3 heteroatoms. The van der Waals surface area contributed by atoms with Crippen LogP contribution in [0.1, 0.15) is 27.2 Å². The minimum atomic E-state index is -0.156. The largest absolute Gasteiger partial charge is 0.330 e. The number of carbonyl (C=O) groups excluding carboxylic acids is 1. The molecular formula is C18H24N2O. The van der Waals surface area contributed by atoms with E-state index in [0.717, 1.165) is 17.5 Å². The van der Waals surface area contributed by atoms with Gasteiger partial charge in [0, 0.05) is 12.2 Å². The summed E-state index contributed by atoms with van der Waals surface area (Å²) in [6.07, 6.45) is 0.781. The van der Waals surface area contributed by atoms with Gasteiger partial charge in [-0.1, -0.05) is 51.1 Å². The molecule has 1 amide bonds. The van der Waals surface area contributed by atoms with E-state index in [2.05, 4.69) is 32.2 Å². The van der Waals surface area contributed by atoms with Crippen LogP contribution in [-0.2, 0) is 4.79 Å². The summed E-state index contributed by atoms with van der Waals surface area (Å²) in [6, 6.07) is 14.1. The van der Waals surface area contributed by atoms with E-state index >= 15 is 0 Å². The molecule has 2 aromatic rings. The van der Waals surface area contributed by atoms with Crippen molar-refractivity contribution in [1.29, 1.82) is 0 Å². The van der Waals surface area contributed by atoms with E-state index in [9.17, 15) is 4.79 Å². The van der Waals surface area contributed by atoms with Gasteiger partial charge in [0.05, 0.1) is 5.92 Å². The first-order valence-corrected chi connectivity index (χ1v) is 7.39. The third kappa shape index (κ3) is 4.30. The second-order valence-corrected chi connectivity index (χ2v) is 6.75. The van der Waals surface area contributed by atoms with Gasteiger partial charge in [-0.15, -0.1) is 0 Å². The Labute approximate surface area is 126 Å². The second-order valence-electron chi connectivity index (χ2n) is 6.75. The third-order valence-electron chi connectivity index (χ3n) is 3.53. The zero-order chi connectivity index (χ0) is 15.5. The maximum absolute atomic E-state index is 12.4. The minimum Gasteiger partial charge on any atom is -0.330 e. The van der Waals surface area contributed by atoms with Crippen LogP contribution in [0, 0.1) is 11.3 Å². The summed E-state index contributed by atoms with van der Waals surface area (Å²) < 4.78 is 0. The first-order chi connectivity index (χ1) is 9.89. The van der Waals surface area contributed by atoms with Crippen LogP contribution >= 0.6 is 0 Å². The first kappa shape index (κ1) is 15.5. The van der Waals surface area contributed by atoms with Crippen molar-refractivity contribution in [3.63, 3.8) is 0 Å². The molecule has 0 aliphatic heterocycles. The monoisotopic (exact) mass is 284 g/mol. The molecule has 1 atom stereocenters. The van der Waals surface area contributed by atoms with E-state index in [1.54, 1.807) is 0 Å². The van der Waals surface area contributed by atoms with E-state index in [1.807, 2.05) is 36.4 Å². The van der Waals surface area contributed by atoms with Crippen LogP contribution in [-0.4, -0.2) is 12.5 Å². The maximum Gasteiger partial charge on any atom is 0.228 e. The summed E-state index contributed by atoms with van der Waals surface area (Å²) in [5.74, 6) is -0.154. The molecule has 3 N–H and O–H groups in total. The van der Waals surface area contributed by atoms with Crippen LogP contribution in [0.25, 0.3) is 10.8 Å². The lowest BCUT2D eigenvalue weighted by atomic mass is 9.84. The molecule has 0 aliphatic carbocycles. The predicted octanol–water partition coefficient (Wildman–Crippen LogP) is 3.79. The number of nitrogens with one attached hydrogen (secondary N) is 1. The number of carbonyl (C=O) groups is 1. The lowest BCUT2D eigenvalue weighted by Crippen LogP contribution is -2.32. The molecule has 0 heterocycles. The van der Waals surface area contributed by atoms with Gasteiger partial charge in [0.15, 0.2) is 0 Å². The van der Waals surface area contributed by atoms with E-state index < -0.39 is 0 Å². The van der Waals surface area contributed by atoms with Gasteiger partial charge < -0.3 is 11.1 Å². The summed E-state index contributed by atoms with van der Waals surface area (Å²) in [5.41, 5.74) is 6.68. The molecule has 0 fully saturated rings. The molecule has 21 heavy (non-hydrogen) atoms. The van der Waals surface area contributed by atoms with Gasteiger partial charge in [0.2, 0.25) is 5.91 Å². The van der Waals surface area contributed by atoms with Crippen molar-refractivity contribution in [2.45, 2.75) is 27.2 Å². The highest BCUT2D eigenvalue weighted by atomic mass is 16.1. The highest BCUT2D eigenvalue weighted by Crippen LogP contribution is 2.25. The van der Waals surface area contributed by atoms with Gasteiger partial charge in [-0.05, 0) is 34.7 Å². The molecule has 0 radical (unpaired) electrons. The smallest absolute Gasteiger partial charge is 0.228 e. The van der Waals surface area contributed by atoms with Crippen LogP contribution < -0.4 is 11.1 Å². The van der Waals surface area contributed by atoms with E-state index in [4.69, 9.17) is 5.73 Å². The van der Waals surface area contributed by atoms with Crippen molar-refractivity contribution >= 4 is 22.4 Å². The molecule has 2 aromatic carbocycles. The fourth-order valence-electron chi connectivity index (χ4n) is 2.53. The lowest BCUT2D eigenvalue weighted by molar-refractivity contribution is -0.120. The molecule has 1 unspecified atom stereocenters. The summed E-state index contributed by atoms with van der Waals surface area (Å²) in [6.45, 7) is 6.74. The Morgan fingerprint density at radius 1 is 1.14 bits per heavy atom. The second kappa shape index (κ2) is 6.27. The molecule has 0 saturated heterocycles. The van der Waals surface area contributed by atoms with Crippen molar-refractivity contribution < 1.29 is 4.79 Å². The Kier molecular flexibility index (Phi) is 4.63. The Hall–Kier alpha value is -1.87. The number of anilines is 1. The summed E-state index contributed by atoms with van der Waals surface area (Å²) in [5, 5.41) is 5.28. The summed E-state index contributed by atoms with van der Waals surface area (Å²) in [7, 11) is 0. The van der Waals surface area contributed by atoms with Gasteiger partial charge in [-0.2, -0.15) is 0 Å². The Morgan fingerprint density at radius 3 is 2.43 bits per heavy atom. The molecule has 3 nitrogen and oxygen atoms in total. The third-order valence-corrected chi connectivity index (χ3v) is 3.53. The standard InChI is InChI=1S/C18H24N2O/c1-18(2,3)11-15(12-19)17(21)20-16-9-8-13-6-4-5-7-14(13)10-16/h4-10,15H,11-12,19H2,1-3H3,(H,20,21). The normalized spacial score (nSPS) is 13.1. The Balaban J connectivity index is 2.12. The Morgan fingerprint density at radius 2 is 1.81 bits per heavy atom. The molecule has 0 spiro atoms. The molecule has 112 valence electrons. The van der Waals surface area contributed by atoms with Crippen LogP contribution in [0.5, 0.6) is 0 Å². The molecule has 2 rings (SSSR count). The van der Waals surface area contributed by atoms with Gasteiger partial charge in [-0.25, -0.2) is 0 Å². The van der Waals surface area contributed by atoms with Crippen molar-refractivity contribution in [2.24, 2.45) is 17.1 Å². The zero-order valence-electron chi connectivity index (χ0n) is 13.0. The van der Waals surface area contributed by atoms with Crippen LogP contribution in [0.2, 0.25) is 0 Å². The van der Waals surface area contributed by atoms with Crippen molar-refractivity contribution in [2.75, 3.05) is 11.9 Å². The van der Waals surface area contributed by atoms with Crippen molar-refractivity contribution in [1.82, 2.24) is 0 Å². The first-order valence-electron chi connectivity index (χ1n) is 7.39. The quantitative estimate of drug-likeness (QED) is 0.897. The van der Waals surface area contributed by atoms with Crippen molar-refractivity contribution in [3.8, 4) is 0 Å². The fourth-order valence-corrected chi connectivity index (χ4v) is 2.53. The number of hydrogen-bond donors (Lipinski definition) is 2. The topological polar surface area (TPSA) is 55.1 Å². The van der Waals surface area contributed by atoms with E-state index in [0.29, 0.717) is 6.54 Å². The predicted molar refractivity (Wildman–Crippen MR) is 89.2 cm³/mol. The Bertz CT molecular complexity index is 628. The number of hydrogen-bond acceptors (Lipinski definition) is 2. The fraction of sp³-hybridized carbons (Fsp3) is 0.389. The number of rotatable bonds is 4. The van der Waals surface area contributed by atoms with Crippen LogP contribution in [0.15, 0.2) is 42.5 Å². The van der Waals surface area contributed by atoms with Crippen LogP contribution in [0.3, 0.4) is 0 Å². The summed E-state index contributed by atoms with van der Waals surface area (Å²) in [4.78, 5) is 12.4. The average molecular weight is 284 g/mol. The lowest BCUT2D eigenvalue weighted by Gasteiger charge is -2.24. The molecule has 0 saturated carbocycles. The summed E-state index contributed by atoms with van der Waals surface area (Å²) >= 11 is 0. The highest BCUT2D eigenvalue weighted by Gasteiger charge is 2.23. The van der Waals surface area contributed by atoms with Gasteiger partial charge >= 0.3 is 0 Å². The maximum atomic E-state index is 12.4. The van der Waals surface area contributed by atoms with Gasteiger partial charge in [0.25, 0.3) is 0 Å².